The number of carbonyl (C=O) groups is 1. The van der Waals surface area contributed by atoms with E-state index < -0.39 is 5.97 Å². The molecule has 0 aliphatic carbocycles. The molecule has 0 saturated heterocycles. The van der Waals surface area contributed by atoms with Crippen molar-refractivity contribution in [1.29, 1.82) is 0 Å². The molecule has 0 aliphatic heterocycles. The number of hydrogen-bond acceptors (Lipinski definition) is 2. The fourth-order valence-corrected chi connectivity index (χ4v) is 1.84. The maximum atomic E-state index is 10.2. The fraction of sp³-hybridized carbons (Fsp3) is 0.571. The van der Waals surface area contributed by atoms with Gasteiger partial charge in [-0.1, -0.05) is 0 Å². The molecule has 0 radical (unpaired) electrons. The lowest BCUT2D eigenvalue weighted by atomic mass is 10.3. The zero-order chi connectivity index (χ0) is 14.0. The summed E-state index contributed by atoms with van der Waals surface area (Å²) < 4.78 is 1.28. The highest BCUT2D eigenvalue weighted by Gasteiger charge is 2.16. The van der Waals surface area contributed by atoms with Gasteiger partial charge in [0.15, 0.2) is 0 Å². The van der Waals surface area contributed by atoms with Crippen molar-refractivity contribution < 1.29 is 14.4 Å². The van der Waals surface area contributed by atoms with Gasteiger partial charge in [0.25, 0.3) is 0 Å². The Morgan fingerprint density at radius 2 is 1.44 bits per heavy atom. The fourth-order valence-electron chi connectivity index (χ4n) is 1.84. The molecular weight excluding hydrogens is 228 g/mol. The second-order valence-corrected chi connectivity index (χ2v) is 4.15. The first kappa shape index (κ1) is 16.6. The Morgan fingerprint density at radius 3 is 1.61 bits per heavy atom. The average molecular weight is 253 g/mol. The quantitative estimate of drug-likeness (QED) is 0.821. The van der Waals surface area contributed by atoms with Crippen molar-refractivity contribution in [2.75, 3.05) is 26.2 Å². The number of hydrogen-bond donors (Lipinski definition) is 1. The molecule has 1 rings (SSSR count). The van der Waals surface area contributed by atoms with E-state index in [1.165, 1.54) is 55.2 Å². The number of carboxylic acid groups (broad SMARTS) is 1. The topological polar surface area (TPSA) is 50.2 Å². The molecule has 1 aromatic rings. The van der Waals surface area contributed by atoms with Crippen LogP contribution in [0.1, 0.15) is 38.1 Å². The minimum absolute atomic E-state index is 0.269. The van der Waals surface area contributed by atoms with Crippen LogP contribution in [-0.4, -0.2) is 46.7 Å². The van der Waals surface area contributed by atoms with Crippen molar-refractivity contribution in [3.63, 3.8) is 0 Å². The second-order valence-electron chi connectivity index (χ2n) is 4.15. The largest absolute Gasteiger partial charge is 0.478 e. The van der Waals surface area contributed by atoms with Crippen molar-refractivity contribution in [3.8, 4) is 0 Å². The van der Waals surface area contributed by atoms with E-state index >= 15 is 0 Å². The summed E-state index contributed by atoms with van der Waals surface area (Å²) in [5.41, 5.74) is 0.269. The number of aromatic nitrogens is 1. The second kappa shape index (κ2) is 8.64. The first-order valence-corrected chi connectivity index (χ1v) is 6.53. The molecule has 0 aliphatic rings. The van der Waals surface area contributed by atoms with Crippen LogP contribution in [0.2, 0.25) is 0 Å². The average Bonchev–Trinajstić information content (AvgIpc) is 2.44. The van der Waals surface area contributed by atoms with E-state index in [2.05, 4.69) is 32.7 Å². The molecule has 1 aromatic heterocycles. The SMILES string of the molecule is CC[N+](CC)(CC)CC.O=C(O)c1ccncc1. The highest BCUT2D eigenvalue weighted by Crippen LogP contribution is 2.03. The van der Waals surface area contributed by atoms with Gasteiger partial charge in [-0.05, 0) is 39.8 Å². The maximum absolute atomic E-state index is 10.2. The monoisotopic (exact) mass is 253 g/mol. The molecular formula is C14H25N2O2+. The molecule has 0 spiro atoms. The number of quaternary nitrogens is 1. The molecule has 0 unspecified atom stereocenters. The molecule has 0 fully saturated rings. The highest BCUT2D eigenvalue weighted by molar-refractivity contribution is 5.87. The van der Waals surface area contributed by atoms with Crippen molar-refractivity contribution in [1.82, 2.24) is 4.98 Å². The summed E-state index contributed by atoms with van der Waals surface area (Å²) in [6, 6.07) is 2.89. The van der Waals surface area contributed by atoms with Gasteiger partial charge in [-0.15, -0.1) is 0 Å². The van der Waals surface area contributed by atoms with Gasteiger partial charge >= 0.3 is 5.97 Å². The van der Waals surface area contributed by atoms with Crippen LogP contribution in [0.4, 0.5) is 0 Å². The Balaban J connectivity index is 0.000000321. The predicted molar refractivity (Wildman–Crippen MR) is 73.6 cm³/mol. The molecule has 1 heterocycles. The van der Waals surface area contributed by atoms with Crippen LogP contribution >= 0.6 is 0 Å². The van der Waals surface area contributed by atoms with Gasteiger partial charge in [0.2, 0.25) is 0 Å². The summed E-state index contributed by atoms with van der Waals surface area (Å²) in [5.74, 6) is -0.919. The Bertz CT molecular complexity index is 317. The van der Waals surface area contributed by atoms with Crippen LogP contribution in [0.25, 0.3) is 0 Å². The Labute approximate surface area is 110 Å². The lowest BCUT2D eigenvalue weighted by Gasteiger charge is -2.34. The molecule has 4 nitrogen and oxygen atoms in total. The van der Waals surface area contributed by atoms with Crippen LogP contribution in [0.3, 0.4) is 0 Å². The van der Waals surface area contributed by atoms with E-state index in [1.807, 2.05) is 0 Å². The summed E-state index contributed by atoms with van der Waals surface area (Å²) in [7, 11) is 0. The van der Waals surface area contributed by atoms with E-state index in [-0.39, 0.29) is 5.56 Å². The summed E-state index contributed by atoms with van der Waals surface area (Å²) in [5, 5.41) is 8.36. The third-order valence-electron chi connectivity index (χ3n) is 3.61. The number of carboxylic acids is 1. The summed E-state index contributed by atoms with van der Waals surface area (Å²) in [4.78, 5) is 13.8. The molecule has 4 heteroatoms. The zero-order valence-electron chi connectivity index (χ0n) is 11.9. The normalized spacial score (nSPS) is 10.4. The van der Waals surface area contributed by atoms with Crippen LogP contribution in [0.5, 0.6) is 0 Å². The predicted octanol–water partition coefficient (Wildman–Crippen LogP) is 2.66. The number of pyridine rings is 1. The first-order valence-electron chi connectivity index (χ1n) is 6.53. The molecule has 0 aromatic carbocycles. The highest BCUT2D eigenvalue weighted by atomic mass is 16.4. The Hall–Kier alpha value is -1.42. The van der Waals surface area contributed by atoms with Crippen molar-refractivity contribution in [3.05, 3.63) is 30.1 Å². The van der Waals surface area contributed by atoms with Gasteiger partial charge in [-0.3, -0.25) is 4.98 Å². The van der Waals surface area contributed by atoms with Crippen LogP contribution in [-0.2, 0) is 0 Å². The Morgan fingerprint density at radius 1 is 1.06 bits per heavy atom. The standard InChI is InChI=1S/C8H20N.C6H5NO2/c1-5-9(6-2,7-3)8-4;8-6(9)5-1-3-7-4-2-5/h5-8H2,1-4H3;1-4H,(H,8,9)/q+1;. The summed E-state index contributed by atoms with van der Waals surface area (Å²) in [6.07, 6.45) is 2.90. The minimum atomic E-state index is -0.919. The summed E-state index contributed by atoms with van der Waals surface area (Å²) in [6.45, 7) is 14.2. The third kappa shape index (κ3) is 5.27. The molecule has 0 atom stereocenters. The number of aromatic carboxylic acids is 1. The third-order valence-corrected chi connectivity index (χ3v) is 3.61. The van der Waals surface area contributed by atoms with Gasteiger partial charge in [0.05, 0.1) is 31.7 Å². The van der Waals surface area contributed by atoms with Gasteiger partial charge < -0.3 is 9.59 Å². The molecule has 0 amide bonds. The molecule has 102 valence electrons. The van der Waals surface area contributed by atoms with Crippen molar-refractivity contribution in [2.24, 2.45) is 0 Å². The van der Waals surface area contributed by atoms with E-state index in [1.54, 1.807) is 0 Å². The molecule has 0 bridgehead atoms. The first-order chi connectivity index (χ1) is 8.55. The van der Waals surface area contributed by atoms with Gasteiger partial charge in [0, 0.05) is 12.4 Å². The summed E-state index contributed by atoms with van der Waals surface area (Å²) >= 11 is 0. The zero-order valence-corrected chi connectivity index (χ0v) is 11.9. The van der Waals surface area contributed by atoms with Crippen LogP contribution < -0.4 is 0 Å². The number of rotatable bonds is 5. The van der Waals surface area contributed by atoms with Gasteiger partial charge in [-0.25, -0.2) is 4.79 Å². The van der Waals surface area contributed by atoms with E-state index in [0.717, 1.165) is 0 Å². The van der Waals surface area contributed by atoms with E-state index in [4.69, 9.17) is 5.11 Å². The smallest absolute Gasteiger partial charge is 0.335 e. The van der Waals surface area contributed by atoms with Crippen LogP contribution in [0.15, 0.2) is 24.5 Å². The van der Waals surface area contributed by atoms with Crippen molar-refractivity contribution in [2.45, 2.75) is 27.7 Å². The van der Waals surface area contributed by atoms with Crippen LogP contribution in [0, 0.1) is 0 Å². The molecule has 18 heavy (non-hydrogen) atoms. The lowest BCUT2D eigenvalue weighted by molar-refractivity contribution is -0.921. The van der Waals surface area contributed by atoms with Gasteiger partial charge in [-0.2, -0.15) is 0 Å². The lowest BCUT2D eigenvalue weighted by Crippen LogP contribution is -2.47. The number of nitrogens with zero attached hydrogens (tertiary/aromatic N) is 2. The minimum Gasteiger partial charge on any atom is -0.478 e. The van der Waals surface area contributed by atoms with E-state index in [0.29, 0.717) is 0 Å². The maximum Gasteiger partial charge on any atom is 0.335 e. The van der Waals surface area contributed by atoms with Crippen molar-refractivity contribution >= 4 is 5.97 Å². The van der Waals surface area contributed by atoms with E-state index in [9.17, 15) is 4.79 Å². The Kier molecular flexibility index (Phi) is 7.96. The van der Waals surface area contributed by atoms with Gasteiger partial charge in [0.1, 0.15) is 0 Å². The molecule has 0 saturated carbocycles. The molecule has 1 N–H and O–H groups in total.